The van der Waals surface area contributed by atoms with Crippen molar-refractivity contribution in [2.24, 2.45) is 0 Å². The van der Waals surface area contributed by atoms with Crippen molar-refractivity contribution in [3.05, 3.63) is 72.9 Å². The van der Waals surface area contributed by atoms with E-state index in [2.05, 4.69) is 86.8 Å². The largest absolute Gasteiger partial charge is 0.756 e. The van der Waals surface area contributed by atoms with Gasteiger partial charge < -0.3 is 28.5 Å². The number of esters is 1. The lowest BCUT2D eigenvalue weighted by molar-refractivity contribution is -0.870. The monoisotopic (exact) mass is 1300 g/mol. The van der Waals surface area contributed by atoms with E-state index in [1.54, 1.807) is 0 Å². The zero-order chi connectivity index (χ0) is 66.3. The van der Waals surface area contributed by atoms with Gasteiger partial charge in [-0.05, 0) is 102 Å². The number of hydrogen-bond donors (Lipinski definition) is 1. The highest BCUT2D eigenvalue weighted by Gasteiger charge is 2.27. The minimum atomic E-state index is -4.71. The lowest BCUT2D eigenvalue weighted by Crippen LogP contribution is -2.47. The fourth-order valence-electron chi connectivity index (χ4n) is 11.6. The molecule has 0 fully saturated rings. The van der Waals surface area contributed by atoms with Gasteiger partial charge in [-0.2, -0.15) is 0 Å². The van der Waals surface area contributed by atoms with Crippen molar-refractivity contribution >= 4 is 19.7 Å². The second kappa shape index (κ2) is 70.3. The summed E-state index contributed by atoms with van der Waals surface area (Å²) in [5.41, 5.74) is 0. The molecule has 0 radical (unpaired) electrons. The first-order valence-corrected chi connectivity index (χ1v) is 40.7. The molecular weight excluding hydrogens is 1140 g/mol. The highest BCUT2D eigenvalue weighted by molar-refractivity contribution is 7.45. The van der Waals surface area contributed by atoms with Crippen LogP contribution in [0.15, 0.2) is 72.9 Å². The van der Waals surface area contributed by atoms with E-state index in [-0.39, 0.29) is 31.5 Å². The Morgan fingerprint density at radius 3 is 1.03 bits per heavy atom. The van der Waals surface area contributed by atoms with Crippen LogP contribution in [-0.2, 0) is 27.9 Å². The van der Waals surface area contributed by atoms with Crippen LogP contribution in [0, 0.1) is 0 Å². The molecule has 532 valence electrons. The Kier molecular flexibility index (Phi) is 68.3. The van der Waals surface area contributed by atoms with Crippen molar-refractivity contribution in [1.82, 2.24) is 5.32 Å². The molecule has 0 saturated heterocycles. The Labute approximate surface area is 565 Å². The summed E-state index contributed by atoms with van der Waals surface area (Å²) < 4.78 is 30.6. The summed E-state index contributed by atoms with van der Waals surface area (Å²) in [6, 6.07) is -0.895. The normalized spacial score (nSPS) is 13.8. The van der Waals surface area contributed by atoms with Crippen LogP contribution in [0.1, 0.15) is 380 Å². The van der Waals surface area contributed by atoms with E-state index < -0.39 is 20.0 Å². The number of nitrogens with one attached hydrogen (secondary N) is 1. The maximum Gasteiger partial charge on any atom is 0.306 e. The Morgan fingerprint density at radius 2 is 0.670 bits per heavy atom. The number of nitrogens with zero attached hydrogens (tertiary/aromatic N) is 1. The molecule has 3 unspecified atom stereocenters. The maximum absolute atomic E-state index is 13.6. The lowest BCUT2D eigenvalue weighted by atomic mass is 10.0. The Morgan fingerprint density at radius 1 is 0.385 bits per heavy atom. The minimum Gasteiger partial charge on any atom is -0.756 e. The second-order valence-corrected chi connectivity index (χ2v) is 29.3. The number of phosphoric ester groups is 1. The van der Waals surface area contributed by atoms with Gasteiger partial charge in [-0.3, -0.25) is 14.2 Å². The first kappa shape index (κ1) is 88.5. The smallest absolute Gasteiger partial charge is 0.306 e. The number of unbranched alkanes of at least 4 members (excludes halogenated alkanes) is 46. The second-order valence-electron chi connectivity index (χ2n) is 27.9. The fraction of sp³-hybridized carbons (Fsp3) is 0.827. The van der Waals surface area contributed by atoms with Gasteiger partial charge in [0.1, 0.15) is 19.3 Å². The average molecular weight is 1300 g/mol. The zero-order valence-corrected chi connectivity index (χ0v) is 61.9. The van der Waals surface area contributed by atoms with Crippen molar-refractivity contribution in [1.29, 1.82) is 0 Å². The molecule has 0 aliphatic heterocycles. The standard InChI is InChI=1S/C81H151N2O7P/c1-7-10-13-16-19-22-25-28-30-32-34-36-38-40-41-43-45-47-49-51-53-56-59-62-65-68-71-74-81(85)90-79(72-69-66-63-60-57-54-27-24-21-18-15-12-9-3)78(77-89-91(86,87)88-76-75-83(4,5)6)82-80(84)73-70-67-64-61-58-55-52-50-48-46-44-42-39-37-35-33-31-29-26-23-20-17-14-11-8-2/h20,23,28-31,35,37,42,44,69,72,78-79H,7-19,21-22,24-27,32-34,36,38-41,43,45-68,70-71,73-77H2,1-6H3,(H-,82,84,86,87)/b23-20-,30-28+,31-29-,37-35-,44-42-,72-69+. The molecule has 0 rings (SSSR count). The van der Waals surface area contributed by atoms with E-state index in [4.69, 9.17) is 13.8 Å². The van der Waals surface area contributed by atoms with Gasteiger partial charge in [0.05, 0.1) is 33.8 Å². The molecule has 0 aromatic rings. The zero-order valence-electron chi connectivity index (χ0n) is 61.1. The van der Waals surface area contributed by atoms with Crippen LogP contribution in [0.3, 0.4) is 0 Å². The molecule has 1 N–H and O–H groups in total. The Balaban J connectivity index is 4.99. The number of rotatable bonds is 72. The number of phosphoric acid groups is 1. The summed E-state index contributed by atoms with van der Waals surface area (Å²) in [4.78, 5) is 40.3. The third-order valence-electron chi connectivity index (χ3n) is 17.6. The maximum atomic E-state index is 13.6. The minimum absolute atomic E-state index is 0.0240. The summed E-state index contributed by atoms with van der Waals surface area (Å²) in [5, 5.41) is 3.05. The number of likely N-dealkylation sites (N-methyl/N-ethyl adjacent to an activating group) is 1. The van der Waals surface area contributed by atoms with Crippen molar-refractivity contribution in [3.63, 3.8) is 0 Å². The number of ether oxygens (including phenoxy) is 1. The van der Waals surface area contributed by atoms with E-state index in [1.807, 2.05) is 33.3 Å². The lowest BCUT2D eigenvalue weighted by Gasteiger charge is -2.30. The quantitative estimate of drug-likeness (QED) is 0.0212. The van der Waals surface area contributed by atoms with E-state index in [1.165, 1.54) is 257 Å². The molecule has 0 saturated carbocycles. The first-order valence-electron chi connectivity index (χ1n) is 39.2. The van der Waals surface area contributed by atoms with E-state index in [0.29, 0.717) is 17.4 Å². The molecule has 0 aromatic heterocycles. The van der Waals surface area contributed by atoms with Gasteiger partial charge in [-0.1, -0.05) is 338 Å². The molecule has 0 heterocycles. The molecule has 0 aliphatic rings. The molecular formula is C81H151N2O7P. The van der Waals surface area contributed by atoms with E-state index >= 15 is 0 Å². The SMILES string of the molecule is CCCCC/C=C\C/C=C\C/C=C\C/C=C\CCCCCCCCCCCC(=O)NC(COP(=O)([O-])OCC[N+](C)(C)C)C(/C=C/CCCCCCCCCCCCC)OC(=O)CCCCCCCCCCCCCCCCCCC/C=C/CCCCCCCC. The van der Waals surface area contributed by atoms with Gasteiger partial charge in [0.25, 0.3) is 7.82 Å². The first-order chi connectivity index (χ1) is 44.4. The van der Waals surface area contributed by atoms with Gasteiger partial charge in [0.15, 0.2) is 0 Å². The van der Waals surface area contributed by atoms with E-state index in [9.17, 15) is 19.0 Å². The highest BCUT2D eigenvalue weighted by Crippen LogP contribution is 2.38. The van der Waals surface area contributed by atoms with Crippen molar-refractivity contribution in [3.8, 4) is 0 Å². The van der Waals surface area contributed by atoms with Crippen molar-refractivity contribution < 1.29 is 37.3 Å². The fourth-order valence-corrected chi connectivity index (χ4v) is 12.3. The van der Waals surface area contributed by atoms with Crippen LogP contribution in [0.2, 0.25) is 0 Å². The van der Waals surface area contributed by atoms with Crippen LogP contribution in [0.4, 0.5) is 0 Å². The molecule has 0 aromatic carbocycles. The molecule has 91 heavy (non-hydrogen) atoms. The van der Waals surface area contributed by atoms with Crippen LogP contribution in [0.5, 0.6) is 0 Å². The van der Waals surface area contributed by atoms with Crippen LogP contribution in [0.25, 0.3) is 0 Å². The third kappa shape index (κ3) is 71.6. The molecule has 0 bridgehead atoms. The molecule has 1 amide bonds. The number of carbonyl (C=O) groups excluding carboxylic acids is 2. The van der Waals surface area contributed by atoms with Crippen molar-refractivity contribution in [2.45, 2.75) is 392 Å². The molecule has 10 heteroatoms. The predicted molar refractivity (Wildman–Crippen MR) is 395 cm³/mol. The van der Waals surface area contributed by atoms with Crippen LogP contribution >= 0.6 is 7.82 Å². The molecule has 0 aliphatic carbocycles. The summed E-state index contributed by atoms with van der Waals surface area (Å²) in [6.45, 7) is 6.86. The summed E-state index contributed by atoms with van der Waals surface area (Å²) in [5.74, 6) is -0.532. The Hall–Kier alpha value is -2.55. The Bertz CT molecular complexity index is 1780. The summed E-state index contributed by atoms with van der Waals surface area (Å²) >= 11 is 0. The van der Waals surface area contributed by atoms with Gasteiger partial charge in [-0.25, -0.2) is 0 Å². The van der Waals surface area contributed by atoms with Gasteiger partial charge in [0.2, 0.25) is 5.91 Å². The number of amides is 1. The molecule has 9 nitrogen and oxygen atoms in total. The summed E-state index contributed by atoms with van der Waals surface area (Å²) in [7, 11) is 1.19. The van der Waals surface area contributed by atoms with Gasteiger partial charge in [-0.15, -0.1) is 0 Å². The van der Waals surface area contributed by atoms with Gasteiger partial charge in [0, 0.05) is 12.8 Å². The topological polar surface area (TPSA) is 114 Å². The molecule has 0 spiro atoms. The number of allylic oxidation sites excluding steroid dienone is 11. The van der Waals surface area contributed by atoms with Crippen LogP contribution in [-0.4, -0.2) is 69.4 Å². The average Bonchev–Trinajstić information content (AvgIpc) is 3.73. The highest BCUT2D eigenvalue weighted by atomic mass is 31.2. The number of hydrogen-bond acceptors (Lipinski definition) is 7. The van der Waals surface area contributed by atoms with Crippen molar-refractivity contribution in [2.75, 3.05) is 40.9 Å². The number of carbonyl (C=O) groups is 2. The van der Waals surface area contributed by atoms with E-state index in [0.717, 1.165) is 89.9 Å². The van der Waals surface area contributed by atoms with Crippen LogP contribution < -0.4 is 10.2 Å². The third-order valence-corrected chi connectivity index (χ3v) is 18.6. The summed E-state index contributed by atoms with van der Waals surface area (Å²) in [6.07, 6.45) is 93.2. The number of quaternary nitrogens is 1. The molecule has 3 atom stereocenters. The van der Waals surface area contributed by atoms with Gasteiger partial charge >= 0.3 is 5.97 Å². The predicted octanol–water partition coefficient (Wildman–Crippen LogP) is 24.8.